The smallest absolute Gasteiger partial charge is 0.273 e. The minimum atomic E-state index is -0.290. The van der Waals surface area contributed by atoms with Gasteiger partial charge in [-0.25, -0.2) is 0 Å². The molecule has 1 N–H and O–H groups in total. The summed E-state index contributed by atoms with van der Waals surface area (Å²) in [6, 6.07) is 9.69. The first-order valence-corrected chi connectivity index (χ1v) is 10.9. The molecule has 4 nitrogen and oxygen atoms in total. The number of thioether (sulfide) groups is 1. The van der Waals surface area contributed by atoms with Crippen LogP contribution in [-0.2, 0) is 9.59 Å². The van der Waals surface area contributed by atoms with Crippen molar-refractivity contribution in [1.82, 2.24) is 10.4 Å². The highest BCUT2D eigenvalue weighted by atomic mass is 32.2. The fourth-order valence-electron chi connectivity index (χ4n) is 5.87. The van der Waals surface area contributed by atoms with E-state index in [4.69, 9.17) is 12.2 Å². The van der Waals surface area contributed by atoms with E-state index in [1.807, 2.05) is 36.4 Å². The van der Waals surface area contributed by atoms with Gasteiger partial charge in [0.05, 0.1) is 10.3 Å². The van der Waals surface area contributed by atoms with Crippen LogP contribution < -0.4 is 5.43 Å². The molecule has 1 aromatic carbocycles. The molecule has 4 saturated carbocycles. The second kappa shape index (κ2) is 6.45. The highest BCUT2D eigenvalue weighted by Crippen LogP contribution is 2.60. The van der Waals surface area contributed by atoms with Crippen LogP contribution in [0.2, 0.25) is 0 Å². The first-order valence-electron chi connectivity index (χ1n) is 9.66. The zero-order valence-corrected chi connectivity index (χ0v) is 16.7. The molecule has 6 heteroatoms. The third-order valence-electron chi connectivity index (χ3n) is 6.62. The van der Waals surface area contributed by atoms with Gasteiger partial charge in [0.2, 0.25) is 5.91 Å². The fourth-order valence-corrected chi connectivity index (χ4v) is 7.05. The van der Waals surface area contributed by atoms with Gasteiger partial charge in [-0.2, -0.15) is 5.01 Å². The number of hydrogen-bond acceptors (Lipinski definition) is 4. The van der Waals surface area contributed by atoms with Gasteiger partial charge in [-0.3, -0.25) is 15.0 Å². The van der Waals surface area contributed by atoms with Crippen LogP contribution in [0.4, 0.5) is 0 Å². The van der Waals surface area contributed by atoms with Crippen molar-refractivity contribution in [2.24, 2.45) is 23.2 Å². The summed E-state index contributed by atoms with van der Waals surface area (Å²) in [5.41, 5.74) is 3.55. The van der Waals surface area contributed by atoms with Gasteiger partial charge in [-0.1, -0.05) is 42.1 Å². The van der Waals surface area contributed by atoms with Crippen LogP contribution in [0.3, 0.4) is 0 Å². The molecular formula is C21H22N2O2S2. The Labute approximate surface area is 168 Å². The maximum Gasteiger partial charge on any atom is 0.285 e. The second-order valence-electron chi connectivity index (χ2n) is 8.57. The van der Waals surface area contributed by atoms with Gasteiger partial charge in [0.15, 0.2) is 4.32 Å². The number of nitrogens with one attached hydrogen (secondary N) is 1. The first kappa shape index (κ1) is 17.4. The molecule has 4 aliphatic carbocycles. The van der Waals surface area contributed by atoms with E-state index in [0.717, 1.165) is 24.8 Å². The Morgan fingerprint density at radius 1 is 1.11 bits per heavy atom. The van der Waals surface area contributed by atoms with Crippen LogP contribution in [0.15, 0.2) is 35.2 Å². The van der Waals surface area contributed by atoms with Crippen LogP contribution in [0, 0.1) is 23.2 Å². The Balaban J connectivity index is 1.34. The molecule has 0 unspecified atom stereocenters. The first-order chi connectivity index (χ1) is 13.0. The molecule has 5 fully saturated rings. The lowest BCUT2D eigenvalue weighted by Gasteiger charge is -2.55. The Kier molecular flexibility index (Phi) is 4.17. The number of carbonyl (C=O) groups excluding carboxylic acids is 2. The van der Waals surface area contributed by atoms with Crippen LogP contribution in [0.5, 0.6) is 0 Å². The minimum Gasteiger partial charge on any atom is -0.273 e. The maximum atomic E-state index is 13.2. The lowest BCUT2D eigenvalue weighted by atomic mass is 9.49. The van der Waals surface area contributed by atoms with E-state index in [1.165, 1.54) is 36.0 Å². The van der Waals surface area contributed by atoms with Crippen molar-refractivity contribution in [1.29, 1.82) is 0 Å². The van der Waals surface area contributed by atoms with Crippen LogP contribution >= 0.6 is 24.0 Å². The van der Waals surface area contributed by atoms with Gasteiger partial charge in [0.1, 0.15) is 0 Å². The van der Waals surface area contributed by atoms with E-state index >= 15 is 0 Å². The van der Waals surface area contributed by atoms with Gasteiger partial charge in [-0.05, 0) is 80.1 Å². The molecule has 27 heavy (non-hydrogen) atoms. The van der Waals surface area contributed by atoms with Crippen LogP contribution in [-0.4, -0.2) is 21.1 Å². The lowest BCUT2D eigenvalue weighted by Crippen LogP contribution is -2.57. The van der Waals surface area contributed by atoms with Crippen molar-refractivity contribution in [3.8, 4) is 0 Å². The second-order valence-corrected chi connectivity index (χ2v) is 10.2. The molecule has 4 bridgehead atoms. The monoisotopic (exact) mass is 398 g/mol. The Bertz CT molecular complexity index is 814. The van der Waals surface area contributed by atoms with Crippen molar-refractivity contribution >= 4 is 46.2 Å². The van der Waals surface area contributed by atoms with Crippen molar-refractivity contribution in [3.63, 3.8) is 0 Å². The summed E-state index contributed by atoms with van der Waals surface area (Å²) in [6.07, 6.45) is 8.60. The number of carbonyl (C=O) groups is 2. The van der Waals surface area contributed by atoms with Crippen molar-refractivity contribution in [2.75, 3.05) is 0 Å². The molecule has 0 spiro atoms. The highest BCUT2D eigenvalue weighted by molar-refractivity contribution is 8.26. The zero-order valence-electron chi connectivity index (χ0n) is 15.0. The Morgan fingerprint density at radius 2 is 1.70 bits per heavy atom. The fraction of sp³-hybridized carbons (Fsp3) is 0.476. The normalized spacial score (nSPS) is 35.9. The predicted octanol–water partition coefficient (Wildman–Crippen LogP) is 4.14. The molecule has 0 radical (unpaired) electrons. The van der Waals surface area contributed by atoms with E-state index in [1.54, 1.807) is 0 Å². The molecule has 1 aliphatic heterocycles. The number of amides is 2. The summed E-state index contributed by atoms with van der Waals surface area (Å²) in [4.78, 5) is 26.6. The number of rotatable bonds is 3. The Hall–Kier alpha value is -1.66. The number of benzene rings is 1. The standard InChI is InChI=1S/C21H22N2O2S2/c24-18-17(9-13-4-2-1-3-5-13)27-20(26)23(18)22-19(25)21-10-14-6-15(11-21)8-16(7-14)12-21/h1-5,9,14-16H,6-8,10-12H2,(H,22,25)/b17-9+. The number of hydrogen-bond donors (Lipinski definition) is 1. The topological polar surface area (TPSA) is 49.4 Å². The Morgan fingerprint density at radius 3 is 2.30 bits per heavy atom. The van der Waals surface area contributed by atoms with Crippen molar-refractivity contribution in [3.05, 3.63) is 40.8 Å². The lowest BCUT2D eigenvalue weighted by molar-refractivity contribution is -0.152. The van der Waals surface area contributed by atoms with E-state index < -0.39 is 0 Å². The molecular weight excluding hydrogens is 376 g/mol. The average molecular weight is 399 g/mol. The predicted molar refractivity (Wildman–Crippen MR) is 110 cm³/mol. The number of thiocarbonyl (C=S) groups is 1. The molecule has 1 heterocycles. The van der Waals surface area contributed by atoms with E-state index in [2.05, 4.69) is 5.43 Å². The summed E-state index contributed by atoms with van der Waals surface area (Å²) in [6.45, 7) is 0. The number of nitrogens with zero attached hydrogens (tertiary/aromatic N) is 1. The summed E-state index contributed by atoms with van der Waals surface area (Å²) >= 11 is 6.63. The average Bonchev–Trinajstić information content (AvgIpc) is 2.89. The largest absolute Gasteiger partial charge is 0.285 e. The summed E-state index contributed by atoms with van der Waals surface area (Å²) < 4.78 is 0.403. The van der Waals surface area contributed by atoms with Gasteiger partial charge >= 0.3 is 0 Å². The molecule has 1 saturated heterocycles. The molecule has 0 aromatic heterocycles. The molecule has 5 aliphatic rings. The van der Waals surface area contributed by atoms with Crippen molar-refractivity contribution in [2.45, 2.75) is 38.5 Å². The van der Waals surface area contributed by atoms with E-state index in [0.29, 0.717) is 27.0 Å². The quantitative estimate of drug-likeness (QED) is 0.614. The van der Waals surface area contributed by atoms with Gasteiger partial charge in [0, 0.05) is 0 Å². The molecule has 140 valence electrons. The third-order valence-corrected chi connectivity index (χ3v) is 7.93. The summed E-state index contributed by atoms with van der Waals surface area (Å²) in [5, 5.41) is 1.29. The zero-order chi connectivity index (χ0) is 18.6. The van der Waals surface area contributed by atoms with Gasteiger partial charge < -0.3 is 0 Å². The van der Waals surface area contributed by atoms with E-state index in [-0.39, 0.29) is 17.2 Å². The molecule has 2 amide bonds. The third kappa shape index (κ3) is 3.03. The van der Waals surface area contributed by atoms with E-state index in [9.17, 15) is 9.59 Å². The van der Waals surface area contributed by atoms with Gasteiger partial charge in [-0.15, -0.1) is 0 Å². The van der Waals surface area contributed by atoms with Crippen LogP contribution in [0.1, 0.15) is 44.1 Å². The minimum absolute atomic E-state index is 0.00105. The molecule has 1 aromatic rings. The maximum absolute atomic E-state index is 13.2. The van der Waals surface area contributed by atoms with Gasteiger partial charge in [0.25, 0.3) is 5.91 Å². The summed E-state index contributed by atoms with van der Waals surface area (Å²) in [7, 11) is 0. The highest BCUT2D eigenvalue weighted by Gasteiger charge is 2.55. The molecule has 6 rings (SSSR count). The SMILES string of the molecule is O=C1/C(=C\c2ccccc2)SC(=S)N1NC(=O)C12CC3CC(CC(C3)C1)C2. The molecule has 0 atom stereocenters. The summed E-state index contributed by atoms with van der Waals surface area (Å²) in [5.74, 6) is 1.83. The van der Waals surface area contributed by atoms with Crippen LogP contribution in [0.25, 0.3) is 6.08 Å². The van der Waals surface area contributed by atoms with Crippen molar-refractivity contribution < 1.29 is 9.59 Å². The number of hydrazine groups is 1.